The molecular formula is C14H22Cl2N2O2. The van der Waals surface area contributed by atoms with E-state index in [1.807, 2.05) is 13.0 Å². The number of ether oxygens (including phenoxy) is 1. The van der Waals surface area contributed by atoms with Gasteiger partial charge in [-0.3, -0.25) is 5.32 Å². The summed E-state index contributed by atoms with van der Waals surface area (Å²) in [5.74, 6) is 0. The fourth-order valence-corrected chi connectivity index (χ4v) is 1.95. The van der Waals surface area contributed by atoms with Gasteiger partial charge in [0.25, 0.3) is 0 Å². The molecule has 0 heterocycles. The maximum Gasteiger partial charge on any atom is 0.411 e. The molecule has 0 spiro atoms. The smallest absolute Gasteiger partial charge is 0.411 e. The quantitative estimate of drug-likeness (QED) is 0.860. The lowest BCUT2D eigenvalue weighted by Gasteiger charge is -2.22. The van der Waals surface area contributed by atoms with Crippen LogP contribution in [0.3, 0.4) is 0 Å². The molecule has 0 bridgehead atoms. The summed E-state index contributed by atoms with van der Waals surface area (Å²) >= 11 is 5.96. The summed E-state index contributed by atoms with van der Waals surface area (Å²) in [6.07, 6.45) is -0.643. The molecular weight excluding hydrogens is 299 g/mol. The highest BCUT2D eigenvalue weighted by Crippen LogP contribution is 2.20. The second kappa shape index (κ2) is 9.86. The van der Waals surface area contributed by atoms with Crippen LogP contribution in [0.5, 0.6) is 0 Å². The van der Waals surface area contributed by atoms with Gasteiger partial charge >= 0.3 is 6.09 Å². The van der Waals surface area contributed by atoms with Crippen molar-refractivity contribution in [1.82, 2.24) is 4.90 Å². The van der Waals surface area contributed by atoms with Gasteiger partial charge in [-0.1, -0.05) is 37.6 Å². The normalized spacial score (nSPS) is 11.7. The topological polar surface area (TPSA) is 41.6 Å². The summed E-state index contributed by atoms with van der Waals surface area (Å²) in [4.78, 5) is 13.9. The van der Waals surface area contributed by atoms with Crippen LogP contribution in [0, 0.1) is 0 Å². The second-order valence-electron chi connectivity index (χ2n) is 4.31. The highest BCUT2D eigenvalue weighted by atomic mass is 35.5. The van der Waals surface area contributed by atoms with Crippen molar-refractivity contribution in [3.63, 3.8) is 0 Å². The number of carbonyl (C=O) groups excluding carboxylic acids is 1. The number of halogens is 2. The van der Waals surface area contributed by atoms with Crippen LogP contribution in [0.2, 0.25) is 5.02 Å². The molecule has 0 aliphatic heterocycles. The Labute approximate surface area is 131 Å². The van der Waals surface area contributed by atoms with Crippen LogP contribution in [0.25, 0.3) is 0 Å². The van der Waals surface area contributed by atoms with Crippen LogP contribution >= 0.6 is 24.0 Å². The van der Waals surface area contributed by atoms with E-state index in [1.165, 1.54) is 0 Å². The Hall–Kier alpha value is -0.970. The monoisotopic (exact) mass is 320 g/mol. The third kappa shape index (κ3) is 6.46. The van der Waals surface area contributed by atoms with Crippen molar-refractivity contribution in [1.29, 1.82) is 0 Å². The van der Waals surface area contributed by atoms with Crippen molar-refractivity contribution in [2.24, 2.45) is 0 Å². The molecule has 20 heavy (non-hydrogen) atoms. The minimum Gasteiger partial charge on any atom is -0.445 e. The number of nitrogens with one attached hydrogen (secondary N) is 1. The Kier molecular flexibility index (Phi) is 9.38. The number of anilines is 1. The highest BCUT2D eigenvalue weighted by Gasteiger charge is 2.13. The Morgan fingerprint density at radius 2 is 1.95 bits per heavy atom. The van der Waals surface area contributed by atoms with E-state index < -0.39 is 6.09 Å². The molecule has 6 heteroatoms. The van der Waals surface area contributed by atoms with Crippen LogP contribution < -0.4 is 5.32 Å². The minimum atomic E-state index is -0.479. The van der Waals surface area contributed by atoms with Gasteiger partial charge < -0.3 is 9.64 Å². The number of amides is 1. The van der Waals surface area contributed by atoms with E-state index in [2.05, 4.69) is 24.1 Å². The maximum absolute atomic E-state index is 11.7. The molecule has 0 aromatic heterocycles. The Morgan fingerprint density at radius 3 is 2.50 bits per heavy atom. The number of likely N-dealkylation sites (N-methyl/N-ethyl adjacent to an activating group) is 1. The lowest BCUT2D eigenvalue weighted by Crippen LogP contribution is -2.34. The van der Waals surface area contributed by atoms with E-state index in [4.69, 9.17) is 16.3 Å². The number of rotatable bonds is 6. The first kappa shape index (κ1) is 19.0. The molecule has 114 valence electrons. The zero-order valence-electron chi connectivity index (χ0n) is 12.1. The van der Waals surface area contributed by atoms with Crippen molar-refractivity contribution in [2.45, 2.75) is 26.9 Å². The first-order chi connectivity index (χ1) is 9.06. The molecule has 0 saturated heterocycles. The van der Waals surface area contributed by atoms with Gasteiger partial charge in [0.05, 0.1) is 10.7 Å². The molecule has 1 N–H and O–H groups in total. The second-order valence-corrected chi connectivity index (χ2v) is 4.71. The molecule has 4 nitrogen and oxygen atoms in total. The SMILES string of the molecule is CCN(CC)CC(C)OC(=O)Nc1ccccc1Cl.Cl. The minimum absolute atomic E-state index is 0. The van der Waals surface area contributed by atoms with Crippen molar-refractivity contribution in [2.75, 3.05) is 25.0 Å². The van der Waals surface area contributed by atoms with Crippen molar-refractivity contribution in [3.05, 3.63) is 29.3 Å². The lowest BCUT2D eigenvalue weighted by molar-refractivity contribution is 0.0929. The fourth-order valence-electron chi connectivity index (χ4n) is 1.77. The van der Waals surface area contributed by atoms with Crippen molar-refractivity contribution < 1.29 is 9.53 Å². The van der Waals surface area contributed by atoms with Crippen LogP contribution in [-0.4, -0.2) is 36.7 Å². The highest BCUT2D eigenvalue weighted by molar-refractivity contribution is 6.33. The average molecular weight is 321 g/mol. The molecule has 1 amide bonds. The summed E-state index contributed by atoms with van der Waals surface area (Å²) in [6.45, 7) is 8.65. The molecule has 1 aromatic carbocycles. The van der Waals surface area contributed by atoms with Gasteiger partial charge in [-0.25, -0.2) is 4.79 Å². The van der Waals surface area contributed by atoms with Crippen LogP contribution in [0.15, 0.2) is 24.3 Å². The van der Waals surface area contributed by atoms with E-state index in [0.29, 0.717) is 10.7 Å². The predicted molar refractivity (Wildman–Crippen MR) is 86.1 cm³/mol. The third-order valence-corrected chi connectivity index (χ3v) is 3.16. The Balaban J connectivity index is 0.00000361. The van der Waals surface area contributed by atoms with Crippen LogP contribution in [0.1, 0.15) is 20.8 Å². The molecule has 1 unspecified atom stereocenters. The average Bonchev–Trinajstić information content (AvgIpc) is 2.38. The number of benzene rings is 1. The van der Waals surface area contributed by atoms with Crippen LogP contribution in [-0.2, 0) is 4.74 Å². The van der Waals surface area contributed by atoms with Crippen molar-refractivity contribution >= 4 is 35.8 Å². The Bertz CT molecular complexity index is 412. The molecule has 0 saturated carbocycles. The summed E-state index contributed by atoms with van der Waals surface area (Å²) in [5.41, 5.74) is 0.559. The summed E-state index contributed by atoms with van der Waals surface area (Å²) in [6, 6.07) is 7.07. The van der Waals surface area contributed by atoms with Crippen molar-refractivity contribution in [3.8, 4) is 0 Å². The first-order valence-corrected chi connectivity index (χ1v) is 6.89. The Morgan fingerprint density at radius 1 is 1.35 bits per heavy atom. The molecule has 0 aliphatic rings. The van der Waals surface area contributed by atoms with E-state index in [1.54, 1.807) is 18.2 Å². The molecule has 1 atom stereocenters. The number of carbonyl (C=O) groups is 1. The van der Waals surface area contributed by atoms with Gasteiger partial charge in [-0.15, -0.1) is 12.4 Å². The van der Waals surface area contributed by atoms with Crippen LogP contribution in [0.4, 0.5) is 10.5 Å². The van der Waals surface area contributed by atoms with E-state index in [9.17, 15) is 4.79 Å². The largest absolute Gasteiger partial charge is 0.445 e. The van der Waals surface area contributed by atoms with Gasteiger partial charge in [-0.2, -0.15) is 0 Å². The molecule has 0 aliphatic carbocycles. The van der Waals surface area contributed by atoms with Gasteiger partial charge in [0.1, 0.15) is 6.10 Å². The van der Waals surface area contributed by atoms with E-state index >= 15 is 0 Å². The fraction of sp³-hybridized carbons (Fsp3) is 0.500. The van der Waals surface area contributed by atoms with E-state index in [0.717, 1.165) is 19.6 Å². The number of hydrogen-bond donors (Lipinski definition) is 1. The standard InChI is InChI=1S/C14H21ClN2O2.ClH/c1-4-17(5-2)10-11(3)19-14(18)16-13-9-7-6-8-12(13)15;/h6-9,11H,4-5,10H2,1-3H3,(H,16,18);1H. The number of nitrogens with zero attached hydrogens (tertiary/aromatic N) is 1. The molecule has 0 fully saturated rings. The summed E-state index contributed by atoms with van der Waals surface area (Å²) < 4.78 is 5.29. The first-order valence-electron chi connectivity index (χ1n) is 6.51. The van der Waals surface area contributed by atoms with Gasteiger partial charge in [0.2, 0.25) is 0 Å². The summed E-state index contributed by atoms with van der Waals surface area (Å²) in [5, 5.41) is 3.13. The maximum atomic E-state index is 11.7. The van der Waals surface area contributed by atoms with Gasteiger partial charge in [-0.05, 0) is 32.1 Å². The third-order valence-electron chi connectivity index (χ3n) is 2.83. The molecule has 0 radical (unpaired) electrons. The zero-order valence-corrected chi connectivity index (χ0v) is 13.6. The number of para-hydroxylation sites is 1. The predicted octanol–water partition coefficient (Wildman–Crippen LogP) is 4.04. The number of hydrogen-bond acceptors (Lipinski definition) is 3. The van der Waals surface area contributed by atoms with Gasteiger partial charge in [0.15, 0.2) is 0 Å². The molecule has 1 rings (SSSR count). The van der Waals surface area contributed by atoms with E-state index in [-0.39, 0.29) is 18.5 Å². The lowest BCUT2D eigenvalue weighted by atomic mass is 10.3. The van der Waals surface area contributed by atoms with Gasteiger partial charge in [0, 0.05) is 6.54 Å². The summed E-state index contributed by atoms with van der Waals surface area (Å²) in [7, 11) is 0. The zero-order chi connectivity index (χ0) is 14.3. The molecule has 1 aromatic rings.